The first-order chi connectivity index (χ1) is 15.6. The summed E-state index contributed by atoms with van der Waals surface area (Å²) in [6.07, 6.45) is 1.38. The number of nitrogens with zero attached hydrogens (tertiary/aromatic N) is 1. The average molecular weight is 541 g/mol. The number of rotatable bonds is 10. The molecule has 0 aliphatic rings. The van der Waals surface area contributed by atoms with Gasteiger partial charge in [0.25, 0.3) is 11.8 Å². The number of methoxy groups -OCH3 is 1. The van der Waals surface area contributed by atoms with Crippen molar-refractivity contribution >= 4 is 51.5 Å². The highest BCUT2D eigenvalue weighted by atomic mass is 79.9. The molecule has 176 valence electrons. The van der Waals surface area contributed by atoms with Crippen LogP contribution in [0.5, 0.6) is 11.5 Å². The van der Waals surface area contributed by atoms with Gasteiger partial charge in [-0.25, -0.2) is 10.2 Å². The zero-order valence-corrected chi connectivity index (χ0v) is 20.4. The van der Waals surface area contributed by atoms with E-state index in [0.29, 0.717) is 20.6 Å². The van der Waals surface area contributed by atoms with Crippen molar-refractivity contribution in [3.8, 4) is 11.5 Å². The molecule has 0 aromatic heterocycles. The van der Waals surface area contributed by atoms with Gasteiger partial charge in [0, 0.05) is 10.6 Å². The second-order valence-electron chi connectivity index (χ2n) is 7.15. The summed E-state index contributed by atoms with van der Waals surface area (Å²) in [6, 6.07) is 8.70. The van der Waals surface area contributed by atoms with E-state index < -0.39 is 30.4 Å². The van der Waals surface area contributed by atoms with Crippen molar-refractivity contribution in [2.24, 2.45) is 11.0 Å². The summed E-state index contributed by atoms with van der Waals surface area (Å²) in [7, 11) is 1.41. The van der Waals surface area contributed by atoms with Gasteiger partial charge >= 0.3 is 5.97 Å². The van der Waals surface area contributed by atoms with E-state index in [4.69, 9.17) is 26.2 Å². The molecular weight excluding hydrogens is 518 g/mol. The maximum Gasteiger partial charge on any atom is 0.341 e. The molecule has 1 atom stereocenters. The van der Waals surface area contributed by atoms with Crippen molar-refractivity contribution < 1.29 is 29.0 Å². The monoisotopic (exact) mass is 539 g/mol. The van der Waals surface area contributed by atoms with Crippen LogP contribution in [0.1, 0.15) is 29.8 Å². The summed E-state index contributed by atoms with van der Waals surface area (Å²) in [6.45, 7) is 3.07. The summed E-state index contributed by atoms with van der Waals surface area (Å²) in [5.74, 6) is -1.71. The molecule has 33 heavy (non-hydrogen) atoms. The van der Waals surface area contributed by atoms with Gasteiger partial charge in [-0.1, -0.05) is 25.4 Å². The Morgan fingerprint density at radius 1 is 1.21 bits per heavy atom. The number of hydrogen-bond donors (Lipinski definition) is 3. The summed E-state index contributed by atoms with van der Waals surface area (Å²) >= 11 is 9.15. The van der Waals surface area contributed by atoms with E-state index in [-0.39, 0.29) is 17.4 Å². The number of carbonyl (C=O) groups excluding carboxylic acids is 2. The standard InChI is InChI=1S/C22H23BrClN3O6/c1-12(2)19(26-21(30)14-4-6-15(24)7-5-14)22(31)27-25-10-13-8-16(23)20(17(9-13)32-3)33-11-18(28)29/h4-10,12,19H,11H2,1-3H3,(H,26,30)(H,27,31)(H,28,29)/b25-10+. The number of ether oxygens (including phenoxy) is 2. The second-order valence-corrected chi connectivity index (χ2v) is 8.44. The largest absolute Gasteiger partial charge is 0.493 e. The lowest BCUT2D eigenvalue weighted by Crippen LogP contribution is -2.48. The molecule has 1 unspecified atom stereocenters. The third kappa shape index (κ3) is 7.76. The Kier molecular flexibility index (Phi) is 9.68. The number of carbonyl (C=O) groups is 3. The minimum absolute atomic E-state index is 0.198. The fraction of sp³-hybridized carbons (Fsp3) is 0.273. The predicted octanol–water partition coefficient (Wildman–Crippen LogP) is 3.48. The van der Waals surface area contributed by atoms with Crippen LogP contribution in [0.2, 0.25) is 5.02 Å². The Hall–Kier alpha value is -3.11. The Balaban J connectivity index is 2.08. The molecule has 0 saturated carbocycles. The maximum absolute atomic E-state index is 12.6. The van der Waals surface area contributed by atoms with Gasteiger partial charge in [-0.05, 0) is 63.8 Å². The van der Waals surface area contributed by atoms with E-state index in [2.05, 4.69) is 31.8 Å². The van der Waals surface area contributed by atoms with E-state index in [1.807, 2.05) is 0 Å². The van der Waals surface area contributed by atoms with Crippen molar-refractivity contribution in [2.45, 2.75) is 19.9 Å². The molecule has 0 heterocycles. The van der Waals surface area contributed by atoms with Gasteiger partial charge < -0.3 is 19.9 Å². The maximum atomic E-state index is 12.6. The molecule has 0 aliphatic heterocycles. The van der Waals surface area contributed by atoms with E-state index in [0.717, 1.165) is 0 Å². The van der Waals surface area contributed by atoms with Crippen LogP contribution in [0, 0.1) is 5.92 Å². The fourth-order valence-electron chi connectivity index (χ4n) is 2.69. The van der Waals surface area contributed by atoms with Crippen molar-refractivity contribution in [2.75, 3.05) is 13.7 Å². The Labute approximate surface area is 204 Å². The van der Waals surface area contributed by atoms with Gasteiger partial charge in [0.2, 0.25) is 0 Å². The first kappa shape index (κ1) is 26.1. The fourth-order valence-corrected chi connectivity index (χ4v) is 3.39. The van der Waals surface area contributed by atoms with Gasteiger partial charge in [-0.2, -0.15) is 5.10 Å². The Bertz CT molecular complexity index is 1040. The lowest BCUT2D eigenvalue weighted by atomic mass is 10.0. The van der Waals surface area contributed by atoms with E-state index in [1.54, 1.807) is 50.2 Å². The summed E-state index contributed by atoms with van der Waals surface area (Å²) < 4.78 is 10.9. The molecule has 0 radical (unpaired) electrons. The van der Waals surface area contributed by atoms with E-state index >= 15 is 0 Å². The van der Waals surface area contributed by atoms with Crippen LogP contribution in [-0.4, -0.2) is 48.9 Å². The van der Waals surface area contributed by atoms with Crippen LogP contribution < -0.4 is 20.2 Å². The topological polar surface area (TPSA) is 126 Å². The number of carboxylic acids is 1. The molecule has 2 aromatic rings. The Morgan fingerprint density at radius 2 is 1.88 bits per heavy atom. The van der Waals surface area contributed by atoms with Gasteiger partial charge in [0.05, 0.1) is 17.8 Å². The Morgan fingerprint density at radius 3 is 2.45 bits per heavy atom. The van der Waals surface area contributed by atoms with Gasteiger partial charge in [0.15, 0.2) is 18.1 Å². The van der Waals surface area contributed by atoms with E-state index in [9.17, 15) is 14.4 Å². The summed E-state index contributed by atoms with van der Waals surface area (Å²) in [5.41, 5.74) is 3.35. The second kappa shape index (κ2) is 12.2. The number of nitrogens with one attached hydrogen (secondary N) is 2. The molecular formula is C22H23BrClN3O6. The number of aliphatic carboxylic acids is 1. The molecule has 0 fully saturated rings. The predicted molar refractivity (Wildman–Crippen MR) is 127 cm³/mol. The van der Waals surface area contributed by atoms with Crippen molar-refractivity contribution in [3.05, 3.63) is 57.0 Å². The molecule has 0 saturated heterocycles. The van der Waals surface area contributed by atoms with Crippen LogP contribution in [0.4, 0.5) is 0 Å². The summed E-state index contributed by atoms with van der Waals surface area (Å²) in [5, 5.41) is 15.9. The van der Waals surface area contributed by atoms with Gasteiger partial charge in [-0.3, -0.25) is 9.59 Å². The number of hydrazone groups is 1. The molecule has 2 aromatic carbocycles. The minimum atomic E-state index is -1.12. The smallest absolute Gasteiger partial charge is 0.341 e. The van der Waals surface area contributed by atoms with Crippen LogP contribution >= 0.6 is 27.5 Å². The van der Waals surface area contributed by atoms with Gasteiger partial charge in [-0.15, -0.1) is 0 Å². The third-order valence-electron chi connectivity index (χ3n) is 4.32. The zero-order valence-electron chi connectivity index (χ0n) is 18.1. The van der Waals surface area contributed by atoms with Gasteiger partial charge in [0.1, 0.15) is 6.04 Å². The van der Waals surface area contributed by atoms with Crippen LogP contribution in [-0.2, 0) is 9.59 Å². The molecule has 0 bridgehead atoms. The van der Waals surface area contributed by atoms with Crippen LogP contribution in [0.25, 0.3) is 0 Å². The lowest BCUT2D eigenvalue weighted by Gasteiger charge is -2.20. The van der Waals surface area contributed by atoms with Crippen molar-refractivity contribution in [1.29, 1.82) is 0 Å². The third-order valence-corrected chi connectivity index (χ3v) is 5.16. The SMILES string of the molecule is COc1cc(/C=N/NC(=O)C(NC(=O)c2ccc(Cl)cc2)C(C)C)cc(Br)c1OCC(=O)O. The highest BCUT2D eigenvalue weighted by molar-refractivity contribution is 9.10. The first-order valence-corrected chi connectivity index (χ1v) is 10.9. The average Bonchev–Trinajstić information content (AvgIpc) is 2.76. The number of amides is 2. The van der Waals surface area contributed by atoms with Crippen LogP contribution in [0.15, 0.2) is 46.0 Å². The van der Waals surface area contributed by atoms with Crippen molar-refractivity contribution in [1.82, 2.24) is 10.7 Å². The number of halogens is 2. The zero-order chi connectivity index (χ0) is 24.5. The molecule has 0 aliphatic carbocycles. The quantitative estimate of drug-likeness (QED) is 0.313. The van der Waals surface area contributed by atoms with E-state index in [1.165, 1.54) is 13.3 Å². The van der Waals surface area contributed by atoms with Crippen molar-refractivity contribution in [3.63, 3.8) is 0 Å². The lowest BCUT2D eigenvalue weighted by molar-refractivity contribution is -0.139. The number of benzene rings is 2. The summed E-state index contributed by atoms with van der Waals surface area (Å²) in [4.78, 5) is 35.8. The molecule has 2 rings (SSSR count). The molecule has 2 amide bonds. The molecule has 9 nitrogen and oxygen atoms in total. The number of hydrogen-bond acceptors (Lipinski definition) is 6. The minimum Gasteiger partial charge on any atom is -0.493 e. The first-order valence-electron chi connectivity index (χ1n) is 9.73. The normalized spacial score (nSPS) is 11.8. The van der Waals surface area contributed by atoms with Crippen LogP contribution in [0.3, 0.4) is 0 Å². The highest BCUT2D eigenvalue weighted by Gasteiger charge is 2.24. The molecule has 0 spiro atoms. The molecule has 3 N–H and O–H groups in total. The molecule has 11 heteroatoms. The highest BCUT2D eigenvalue weighted by Crippen LogP contribution is 2.36. The number of carboxylic acid groups (broad SMARTS) is 1.